The Bertz CT molecular complexity index is 2840. The van der Waals surface area contributed by atoms with Crippen LogP contribution in [0, 0.1) is 32.3 Å². The molecule has 0 atom stereocenters. The average Bonchev–Trinajstić information content (AvgIpc) is 3.83. The van der Waals surface area contributed by atoms with E-state index in [4.69, 9.17) is 14.4 Å². The van der Waals surface area contributed by atoms with Crippen LogP contribution in [0.2, 0.25) is 0 Å². The monoisotopic (exact) mass is 929 g/mol. The fourth-order valence-electron chi connectivity index (χ4n) is 7.86. The van der Waals surface area contributed by atoms with E-state index in [0.29, 0.717) is 11.5 Å². The molecule has 0 radical (unpaired) electrons. The number of fused-ring (bicyclic) bond motifs is 2. The van der Waals surface area contributed by atoms with Crippen molar-refractivity contribution in [1.82, 2.24) is 9.55 Å². The van der Waals surface area contributed by atoms with Crippen molar-refractivity contribution in [1.29, 1.82) is 0 Å². The summed E-state index contributed by atoms with van der Waals surface area (Å²) in [5.41, 5.74) is 12.5. The molecule has 0 saturated heterocycles. The van der Waals surface area contributed by atoms with Gasteiger partial charge in [0.25, 0.3) is 6.33 Å². The van der Waals surface area contributed by atoms with Crippen LogP contribution in [0.15, 0.2) is 176 Å². The van der Waals surface area contributed by atoms with Crippen LogP contribution >= 0.6 is 0 Å². The molecule has 3 heterocycles. The standard InChI is InChI=1S/C50H35BN4O2.Pt/c1-35-16-11-17-36(2)48(35)51-55(50-47(57-51)30-15-31-52-50)40-23-13-25-42(33-40)56-41-24-12-22-39(32-41)53-34-54(46-29-10-9-28-45(46)53)49-43(37-18-5-3-6-19-37)26-14-27-44(49)38-20-7-4-8-21-38;/h3-31H,1-2H3;/q-2;. The molecule has 58 heavy (non-hydrogen) atoms. The Morgan fingerprint density at radius 3 is 1.88 bits per heavy atom. The second-order valence-corrected chi connectivity index (χ2v) is 14.1. The summed E-state index contributed by atoms with van der Waals surface area (Å²) < 4.78 is 17.3. The molecule has 10 rings (SSSR count). The van der Waals surface area contributed by atoms with Crippen LogP contribution in [0.4, 0.5) is 11.5 Å². The number of pyridine rings is 1. The van der Waals surface area contributed by atoms with Gasteiger partial charge in [-0.25, -0.2) is 4.98 Å². The first kappa shape index (κ1) is 36.9. The summed E-state index contributed by atoms with van der Waals surface area (Å²) in [6.07, 6.45) is 5.52. The predicted molar refractivity (Wildman–Crippen MR) is 227 cm³/mol. The zero-order chi connectivity index (χ0) is 38.3. The number of aryl methyl sites for hydroxylation is 2. The molecule has 6 nitrogen and oxygen atoms in total. The van der Waals surface area contributed by atoms with Crippen molar-refractivity contribution in [2.75, 3.05) is 4.81 Å². The second-order valence-electron chi connectivity index (χ2n) is 14.1. The minimum Gasteiger partial charge on any atom is -0.535 e. The normalized spacial score (nSPS) is 11.9. The fourth-order valence-corrected chi connectivity index (χ4v) is 7.86. The van der Waals surface area contributed by atoms with Gasteiger partial charge in [0.15, 0.2) is 5.82 Å². The topological polar surface area (TPSA) is 43.4 Å². The summed E-state index contributed by atoms with van der Waals surface area (Å²) in [6.45, 7) is 4.23. The number of para-hydroxylation sites is 3. The molecule has 0 amide bonds. The van der Waals surface area contributed by atoms with Gasteiger partial charge < -0.3 is 18.8 Å². The Morgan fingerprint density at radius 2 is 1.19 bits per heavy atom. The summed E-state index contributed by atoms with van der Waals surface area (Å²) in [4.78, 5) is 6.82. The second kappa shape index (κ2) is 15.7. The number of hydrogen-bond donors (Lipinski definition) is 0. The van der Waals surface area contributed by atoms with Gasteiger partial charge in [-0.15, -0.1) is 30.3 Å². The van der Waals surface area contributed by atoms with E-state index < -0.39 is 7.05 Å². The molecular weight excluding hydrogens is 894 g/mol. The third-order valence-electron chi connectivity index (χ3n) is 10.5. The summed E-state index contributed by atoms with van der Waals surface area (Å²) in [5, 5.41) is 0. The van der Waals surface area contributed by atoms with E-state index in [9.17, 15) is 0 Å². The van der Waals surface area contributed by atoms with Crippen molar-refractivity contribution in [3.8, 4) is 50.9 Å². The third kappa shape index (κ3) is 6.68. The van der Waals surface area contributed by atoms with Crippen molar-refractivity contribution in [2.45, 2.75) is 13.8 Å². The van der Waals surface area contributed by atoms with Gasteiger partial charge >= 0.3 is 7.05 Å². The maximum Gasteiger partial charge on any atom is 0.524 e. The zero-order valence-electron chi connectivity index (χ0n) is 31.7. The molecule has 2 aromatic heterocycles. The predicted octanol–water partition coefficient (Wildman–Crippen LogP) is 10.4. The first-order chi connectivity index (χ1) is 28.1. The Hall–Kier alpha value is -6.69. The van der Waals surface area contributed by atoms with Crippen LogP contribution < -0.4 is 24.2 Å². The Labute approximate surface area is 353 Å². The smallest absolute Gasteiger partial charge is 0.524 e. The Balaban J connectivity index is 0.00000436. The summed E-state index contributed by atoms with van der Waals surface area (Å²) in [5.74, 6) is 2.56. The molecule has 0 aliphatic carbocycles. The van der Waals surface area contributed by atoms with E-state index in [1.165, 1.54) is 0 Å². The quantitative estimate of drug-likeness (QED) is 0.0865. The Kier molecular flexibility index (Phi) is 9.99. The van der Waals surface area contributed by atoms with E-state index in [2.05, 4.69) is 168 Å². The van der Waals surface area contributed by atoms with E-state index in [-0.39, 0.29) is 21.1 Å². The average molecular weight is 930 g/mol. The number of benzene rings is 7. The number of hydrogen-bond acceptors (Lipinski definition) is 4. The largest absolute Gasteiger partial charge is 0.535 e. The molecule has 0 fully saturated rings. The number of aromatic nitrogens is 3. The number of imidazole rings is 1. The van der Waals surface area contributed by atoms with Crippen LogP contribution in [0.5, 0.6) is 17.2 Å². The summed E-state index contributed by atoms with van der Waals surface area (Å²) >= 11 is 0. The molecule has 0 spiro atoms. The van der Waals surface area contributed by atoms with Crippen LogP contribution in [-0.2, 0) is 21.1 Å². The first-order valence-corrected chi connectivity index (χ1v) is 19.0. The van der Waals surface area contributed by atoms with Gasteiger partial charge in [0, 0.05) is 38.8 Å². The van der Waals surface area contributed by atoms with Gasteiger partial charge in [-0.05, 0) is 59.4 Å². The summed E-state index contributed by atoms with van der Waals surface area (Å²) in [7, 11) is -0.406. The maximum atomic E-state index is 6.57. The molecule has 0 N–H and O–H groups in total. The van der Waals surface area contributed by atoms with Crippen LogP contribution in [0.1, 0.15) is 11.1 Å². The van der Waals surface area contributed by atoms with Gasteiger partial charge in [0.05, 0.1) is 16.7 Å². The van der Waals surface area contributed by atoms with Gasteiger partial charge in [-0.3, -0.25) is 4.57 Å². The Morgan fingerprint density at radius 1 is 0.603 bits per heavy atom. The van der Waals surface area contributed by atoms with E-state index in [0.717, 1.165) is 78.5 Å². The third-order valence-corrected chi connectivity index (χ3v) is 10.5. The number of ether oxygens (including phenoxy) is 1. The number of rotatable bonds is 8. The van der Waals surface area contributed by atoms with Crippen LogP contribution in [0.25, 0.3) is 44.7 Å². The molecule has 9 aromatic rings. The molecule has 8 heteroatoms. The van der Waals surface area contributed by atoms with E-state index in [1.807, 2.05) is 48.5 Å². The molecule has 0 unspecified atom stereocenters. The minimum absolute atomic E-state index is 0. The SMILES string of the molecule is Cc1cccc(C)c1B1Oc2cccnc2N1c1[c-]c(Oc2[c-]c(-n3[c-][n+](-c4c(-c5ccccc5)cccc4-c4ccccc4)c4ccccc43)ccc2)ccc1.[Pt]. The molecule has 0 saturated carbocycles. The number of anilines is 2. The van der Waals surface area contributed by atoms with Crippen molar-refractivity contribution in [2.24, 2.45) is 0 Å². The molecule has 1 aliphatic heterocycles. The first-order valence-electron chi connectivity index (χ1n) is 19.0. The molecule has 0 bridgehead atoms. The summed E-state index contributed by atoms with van der Waals surface area (Å²) in [6, 6.07) is 65.0. The van der Waals surface area contributed by atoms with Gasteiger partial charge in [0.1, 0.15) is 5.75 Å². The van der Waals surface area contributed by atoms with Crippen molar-refractivity contribution < 1.29 is 35.0 Å². The molecular formula is C50H35BN4O2Pt-2. The number of nitrogens with zero attached hydrogens (tertiary/aromatic N) is 4. The van der Waals surface area contributed by atoms with Gasteiger partial charge in [-0.1, -0.05) is 138 Å². The van der Waals surface area contributed by atoms with Crippen molar-refractivity contribution >= 4 is 35.1 Å². The minimum atomic E-state index is -0.406. The van der Waals surface area contributed by atoms with Crippen LogP contribution in [0.3, 0.4) is 0 Å². The van der Waals surface area contributed by atoms with Crippen molar-refractivity contribution in [3.05, 3.63) is 206 Å². The van der Waals surface area contributed by atoms with Crippen molar-refractivity contribution in [3.63, 3.8) is 0 Å². The van der Waals surface area contributed by atoms with E-state index in [1.54, 1.807) is 6.20 Å². The van der Waals surface area contributed by atoms with E-state index >= 15 is 0 Å². The molecule has 7 aromatic carbocycles. The van der Waals surface area contributed by atoms with Gasteiger partial charge in [-0.2, -0.15) is 18.2 Å². The molecule has 1 aliphatic rings. The molecule has 282 valence electrons. The maximum absolute atomic E-state index is 6.57. The zero-order valence-corrected chi connectivity index (χ0v) is 34.0. The van der Waals surface area contributed by atoms with Crippen LogP contribution in [-0.4, -0.2) is 16.6 Å². The fraction of sp³-hybridized carbons (Fsp3) is 0.0400. The van der Waals surface area contributed by atoms with Gasteiger partial charge in [0.2, 0.25) is 0 Å².